The molecular formula is C29H32ClO2P. The number of methoxy groups -OCH3 is 2. The molecule has 0 heterocycles. The zero-order chi connectivity index (χ0) is 22.6. The maximum absolute atomic E-state index is 6.16. The number of ether oxygens (including phenoxy) is 2. The molecule has 0 spiro atoms. The van der Waals surface area contributed by atoms with E-state index in [4.69, 9.17) is 9.47 Å². The van der Waals surface area contributed by atoms with Gasteiger partial charge in [0.15, 0.2) is 0 Å². The molecule has 0 saturated carbocycles. The molecule has 3 aromatic carbocycles. The molecule has 33 heavy (non-hydrogen) atoms. The first-order valence-corrected chi connectivity index (χ1v) is 13.1. The lowest BCUT2D eigenvalue weighted by Crippen LogP contribution is -3.00. The standard InChI is InChI=1S/C29H32O2P.ClH/c1-23-20-21-24(2)29(30-3,31-4)28(23)22-32(25-14-8-5-9-15-25,26-16-10-6-11-17-26)27-18-12-7-13-19-27;/h5-21,28H,22H2,1-4H3;1H/q+1;/p-1. The fourth-order valence-corrected chi connectivity index (χ4v) is 9.75. The molecule has 1 aliphatic carbocycles. The Kier molecular flexibility index (Phi) is 8.32. The van der Waals surface area contributed by atoms with Gasteiger partial charge in [0, 0.05) is 14.2 Å². The molecule has 1 unspecified atom stereocenters. The van der Waals surface area contributed by atoms with Crippen LogP contribution in [0.2, 0.25) is 0 Å². The molecule has 1 atom stereocenters. The smallest absolute Gasteiger partial charge is 0.200 e. The number of allylic oxidation sites excluding steroid dienone is 2. The van der Waals surface area contributed by atoms with Crippen molar-refractivity contribution < 1.29 is 21.9 Å². The van der Waals surface area contributed by atoms with Gasteiger partial charge in [-0.3, -0.25) is 0 Å². The van der Waals surface area contributed by atoms with Crippen molar-refractivity contribution in [1.82, 2.24) is 0 Å². The van der Waals surface area contributed by atoms with Gasteiger partial charge in [-0.2, -0.15) is 0 Å². The molecule has 0 amide bonds. The highest BCUT2D eigenvalue weighted by atomic mass is 35.5. The molecule has 2 nitrogen and oxygen atoms in total. The summed E-state index contributed by atoms with van der Waals surface area (Å²) in [6.07, 6.45) is 5.28. The number of benzene rings is 3. The molecule has 0 fully saturated rings. The van der Waals surface area contributed by atoms with Gasteiger partial charge in [-0.05, 0) is 55.8 Å². The fourth-order valence-electron chi connectivity index (χ4n) is 5.10. The van der Waals surface area contributed by atoms with Crippen LogP contribution in [0.15, 0.2) is 114 Å². The quantitative estimate of drug-likeness (QED) is 0.384. The summed E-state index contributed by atoms with van der Waals surface area (Å²) in [5.74, 6) is -0.695. The minimum Gasteiger partial charge on any atom is -1.00 e. The van der Waals surface area contributed by atoms with E-state index in [9.17, 15) is 0 Å². The van der Waals surface area contributed by atoms with Crippen molar-refractivity contribution in [2.45, 2.75) is 19.6 Å². The van der Waals surface area contributed by atoms with E-state index in [-0.39, 0.29) is 18.3 Å². The second kappa shape index (κ2) is 10.8. The third-order valence-corrected chi connectivity index (χ3v) is 11.3. The molecule has 0 saturated heterocycles. The summed E-state index contributed by atoms with van der Waals surface area (Å²) in [5.41, 5.74) is 2.39. The summed E-state index contributed by atoms with van der Waals surface area (Å²) >= 11 is 0. The molecule has 3 aromatic rings. The Morgan fingerprint density at radius 2 is 1.06 bits per heavy atom. The van der Waals surface area contributed by atoms with Crippen LogP contribution in [0, 0.1) is 5.92 Å². The Bertz CT molecular complexity index is 994. The Balaban J connectivity index is 0.00000306. The Morgan fingerprint density at radius 1 is 0.667 bits per heavy atom. The monoisotopic (exact) mass is 478 g/mol. The molecule has 172 valence electrons. The molecule has 0 N–H and O–H groups in total. The topological polar surface area (TPSA) is 18.5 Å². The average molecular weight is 479 g/mol. The zero-order valence-corrected chi connectivity index (χ0v) is 21.4. The largest absolute Gasteiger partial charge is 1.00 e. The molecule has 1 aliphatic rings. The first kappa shape index (κ1) is 25.4. The van der Waals surface area contributed by atoms with Gasteiger partial charge >= 0.3 is 0 Å². The predicted octanol–water partition coefficient (Wildman–Crippen LogP) is 2.50. The fraction of sp³-hybridized carbons (Fsp3) is 0.241. The van der Waals surface area contributed by atoms with Crippen LogP contribution in [0.3, 0.4) is 0 Å². The van der Waals surface area contributed by atoms with Gasteiger partial charge in [0.25, 0.3) is 0 Å². The van der Waals surface area contributed by atoms with Gasteiger partial charge in [0.2, 0.25) is 5.79 Å². The van der Waals surface area contributed by atoms with E-state index in [1.165, 1.54) is 21.5 Å². The third kappa shape index (κ3) is 4.46. The van der Waals surface area contributed by atoms with E-state index < -0.39 is 13.0 Å². The highest BCUT2D eigenvalue weighted by Gasteiger charge is 2.54. The van der Waals surface area contributed by atoms with Crippen LogP contribution >= 0.6 is 7.26 Å². The van der Waals surface area contributed by atoms with Crippen molar-refractivity contribution in [2.75, 3.05) is 20.4 Å². The van der Waals surface area contributed by atoms with Crippen molar-refractivity contribution in [2.24, 2.45) is 5.92 Å². The molecular weight excluding hydrogens is 447 g/mol. The normalized spacial score (nSPS) is 17.5. The second-order valence-corrected chi connectivity index (χ2v) is 11.9. The van der Waals surface area contributed by atoms with E-state index in [1.807, 2.05) is 0 Å². The highest BCUT2D eigenvalue weighted by molar-refractivity contribution is 7.95. The number of hydrogen-bond acceptors (Lipinski definition) is 2. The SMILES string of the molecule is COC1(OC)C(C)=CC=C(C)C1C[P+](c1ccccc1)(c1ccccc1)c1ccccc1.[Cl-]. The minimum atomic E-state index is -2.02. The Labute approximate surface area is 205 Å². The zero-order valence-electron chi connectivity index (χ0n) is 19.7. The van der Waals surface area contributed by atoms with Crippen molar-refractivity contribution in [3.05, 3.63) is 114 Å². The second-order valence-electron chi connectivity index (χ2n) is 8.39. The summed E-state index contributed by atoms with van der Waals surface area (Å²) in [4.78, 5) is 0. The lowest BCUT2D eigenvalue weighted by atomic mass is 9.83. The lowest BCUT2D eigenvalue weighted by Gasteiger charge is -2.43. The van der Waals surface area contributed by atoms with Crippen LogP contribution in [-0.4, -0.2) is 26.2 Å². The van der Waals surface area contributed by atoms with Gasteiger partial charge in [0.1, 0.15) is 23.2 Å². The number of rotatable bonds is 7. The van der Waals surface area contributed by atoms with Crippen LogP contribution in [0.5, 0.6) is 0 Å². The molecule has 0 radical (unpaired) electrons. The number of halogens is 1. The van der Waals surface area contributed by atoms with E-state index in [1.54, 1.807) is 14.2 Å². The first-order valence-electron chi connectivity index (χ1n) is 11.1. The van der Waals surface area contributed by atoms with E-state index in [0.717, 1.165) is 11.7 Å². The maximum Gasteiger partial charge on any atom is 0.200 e. The van der Waals surface area contributed by atoms with E-state index in [2.05, 4.69) is 117 Å². The summed E-state index contributed by atoms with van der Waals surface area (Å²) in [6.45, 7) is 4.31. The van der Waals surface area contributed by atoms with Gasteiger partial charge in [-0.1, -0.05) is 72.3 Å². The van der Waals surface area contributed by atoms with Crippen molar-refractivity contribution in [1.29, 1.82) is 0 Å². The molecule has 4 heteroatoms. The highest BCUT2D eigenvalue weighted by Crippen LogP contribution is 2.59. The number of hydrogen-bond donors (Lipinski definition) is 0. The maximum atomic E-state index is 6.16. The average Bonchev–Trinajstić information content (AvgIpc) is 2.86. The van der Waals surface area contributed by atoms with E-state index >= 15 is 0 Å². The van der Waals surface area contributed by atoms with Crippen LogP contribution in [0.4, 0.5) is 0 Å². The molecule has 0 aromatic heterocycles. The Hall–Kier alpha value is -2.22. The van der Waals surface area contributed by atoms with Gasteiger partial charge in [-0.25, -0.2) is 0 Å². The van der Waals surface area contributed by atoms with Crippen LogP contribution < -0.4 is 28.3 Å². The third-order valence-electron chi connectivity index (χ3n) is 6.81. The first-order chi connectivity index (χ1) is 15.6. The van der Waals surface area contributed by atoms with Crippen molar-refractivity contribution in [3.63, 3.8) is 0 Å². The van der Waals surface area contributed by atoms with Crippen molar-refractivity contribution in [3.8, 4) is 0 Å². The summed E-state index contributed by atoms with van der Waals surface area (Å²) < 4.78 is 12.3. The lowest BCUT2D eigenvalue weighted by molar-refractivity contribution is -0.201. The van der Waals surface area contributed by atoms with Crippen molar-refractivity contribution >= 4 is 23.2 Å². The molecule has 0 bridgehead atoms. The van der Waals surface area contributed by atoms with Crippen LogP contribution in [-0.2, 0) is 9.47 Å². The van der Waals surface area contributed by atoms with E-state index in [0.29, 0.717) is 0 Å². The molecule has 4 rings (SSSR count). The Morgan fingerprint density at radius 3 is 1.42 bits per heavy atom. The van der Waals surface area contributed by atoms with Crippen LogP contribution in [0.1, 0.15) is 13.8 Å². The summed E-state index contributed by atoms with van der Waals surface area (Å²) in [5, 5.41) is 4.12. The predicted molar refractivity (Wildman–Crippen MR) is 138 cm³/mol. The summed E-state index contributed by atoms with van der Waals surface area (Å²) in [6, 6.07) is 33.0. The van der Waals surface area contributed by atoms with Gasteiger partial charge in [-0.15, -0.1) is 0 Å². The van der Waals surface area contributed by atoms with Gasteiger partial charge < -0.3 is 21.9 Å². The van der Waals surface area contributed by atoms with Gasteiger partial charge in [0.05, 0.1) is 12.1 Å². The molecule has 0 aliphatic heterocycles. The van der Waals surface area contributed by atoms with Crippen LogP contribution in [0.25, 0.3) is 0 Å². The minimum absolute atomic E-state index is 0. The summed E-state index contributed by atoms with van der Waals surface area (Å²) in [7, 11) is 1.51.